The third kappa shape index (κ3) is 10.9. The van der Waals surface area contributed by atoms with Crippen LogP contribution in [0.2, 0.25) is 0 Å². The Hall–Kier alpha value is -3.20. The summed E-state index contributed by atoms with van der Waals surface area (Å²) >= 11 is 1.56. The number of phenols is 1. The van der Waals surface area contributed by atoms with Gasteiger partial charge in [-0.15, -0.1) is 0 Å². The number of nitrogens with zero attached hydrogens (tertiary/aromatic N) is 1. The Balaban J connectivity index is 2.62. The van der Waals surface area contributed by atoms with Crippen LogP contribution >= 0.6 is 11.8 Å². The molecule has 0 fully saturated rings. The van der Waals surface area contributed by atoms with Gasteiger partial charge in [-0.1, -0.05) is 44.2 Å². The van der Waals surface area contributed by atoms with Crippen LogP contribution in [0.25, 0.3) is 0 Å². The average Bonchev–Trinajstić information content (AvgIpc) is 2.88. The lowest BCUT2D eigenvalue weighted by atomic mass is 9.96. The molecule has 2 aromatic carbocycles. The van der Waals surface area contributed by atoms with Gasteiger partial charge in [0, 0.05) is 11.7 Å². The van der Waals surface area contributed by atoms with Crippen molar-refractivity contribution in [2.45, 2.75) is 91.5 Å². The van der Waals surface area contributed by atoms with Gasteiger partial charge in [0.25, 0.3) is 5.91 Å². The van der Waals surface area contributed by atoms with Crippen LogP contribution in [0, 0.1) is 12.8 Å². The summed E-state index contributed by atoms with van der Waals surface area (Å²) in [5.41, 5.74) is 1.25. The van der Waals surface area contributed by atoms with Gasteiger partial charge >= 0.3 is 6.09 Å². The first-order valence-corrected chi connectivity index (χ1v) is 15.6. The van der Waals surface area contributed by atoms with Gasteiger partial charge in [0.1, 0.15) is 23.4 Å². The van der Waals surface area contributed by atoms with Crippen molar-refractivity contribution in [3.63, 3.8) is 0 Å². The first kappa shape index (κ1) is 34.0. The van der Waals surface area contributed by atoms with Crippen molar-refractivity contribution in [2.75, 3.05) is 17.3 Å². The van der Waals surface area contributed by atoms with Gasteiger partial charge in [0.05, 0.1) is 0 Å². The minimum Gasteiger partial charge on any atom is -0.508 e. The maximum Gasteiger partial charge on any atom is 0.408 e. The summed E-state index contributed by atoms with van der Waals surface area (Å²) in [5, 5.41) is 16.1. The second-order valence-electron chi connectivity index (χ2n) is 11.8. The smallest absolute Gasteiger partial charge is 0.408 e. The number of para-hydroxylation sites is 1. The molecule has 3 atom stereocenters. The Morgan fingerprint density at radius 3 is 2.27 bits per heavy atom. The fourth-order valence-corrected chi connectivity index (χ4v) is 4.95. The van der Waals surface area contributed by atoms with E-state index in [2.05, 4.69) is 24.5 Å². The van der Waals surface area contributed by atoms with Crippen molar-refractivity contribution in [2.24, 2.45) is 5.92 Å². The number of aryl methyl sites for hydroxylation is 1. The zero-order valence-corrected chi connectivity index (χ0v) is 26.5. The summed E-state index contributed by atoms with van der Waals surface area (Å²) in [6.45, 7) is 13.3. The maximum absolute atomic E-state index is 14.5. The lowest BCUT2D eigenvalue weighted by molar-refractivity contribution is -0.143. The Labute approximate surface area is 249 Å². The molecule has 2 rings (SSSR count). The summed E-state index contributed by atoms with van der Waals surface area (Å²) in [6, 6.07) is 11.5. The highest BCUT2D eigenvalue weighted by atomic mass is 32.2. The molecule has 41 heavy (non-hydrogen) atoms. The summed E-state index contributed by atoms with van der Waals surface area (Å²) in [4.78, 5) is 43.0. The first-order valence-electron chi connectivity index (χ1n) is 14.2. The third-order valence-electron chi connectivity index (χ3n) is 6.61. The van der Waals surface area contributed by atoms with Gasteiger partial charge in [-0.25, -0.2) is 4.79 Å². The number of nitrogens with one attached hydrogen (secondary N) is 2. The van der Waals surface area contributed by atoms with Crippen LogP contribution in [0.3, 0.4) is 0 Å². The van der Waals surface area contributed by atoms with E-state index in [0.717, 1.165) is 12.0 Å². The van der Waals surface area contributed by atoms with Crippen molar-refractivity contribution in [1.82, 2.24) is 10.2 Å². The number of phenolic OH excluding ortho intramolecular Hbond substituents is 1. The zero-order chi connectivity index (χ0) is 30.7. The van der Waals surface area contributed by atoms with E-state index in [1.807, 2.05) is 44.4 Å². The maximum atomic E-state index is 14.5. The fourth-order valence-electron chi connectivity index (χ4n) is 4.48. The molecule has 0 spiro atoms. The van der Waals surface area contributed by atoms with Crippen LogP contribution in [-0.2, 0) is 14.3 Å². The molecule has 0 aliphatic carbocycles. The average molecular weight is 586 g/mol. The van der Waals surface area contributed by atoms with Crippen LogP contribution in [-0.4, -0.2) is 57.6 Å². The molecule has 8 nitrogen and oxygen atoms in total. The second kappa shape index (κ2) is 15.7. The topological polar surface area (TPSA) is 108 Å². The number of thioether (sulfide) groups is 1. The highest BCUT2D eigenvalue weighted by Crippen LogP contribution is 2.31. The number of aromatic hydroxyl groups is 1. The predicted octanol–water partition coefficient (Wildman–Crippen LogP) is 6.68. The number of benzene rings is 2. The van der Waals surface area contributed by atoms with E-state index in [-0.39, 0.29) is 17.7 Å². The Morgan fingerprint density at radius 1 is 1.00 bits per heavy atom. The molecule has 3 unspecified atom stereocenters. The lowest BCUT2D eigenvalue weighted by Crippen LogP contribution is -2.55. The van der Waals surface area contributed by atoms with Gasteiger partial charge in [0.2, 0.25) is 5.91 Å². The van der Waals surface area contributed by atoms with Crippen molar-refractivity contribution >= 4 is 35.4 Å². The van der Waals surface area contributed by atoms with Crippen molar-refractivity contribution in [1.29, 1.82) is 0 Å². The number of hydrogen-bond acceptors (Lipinski definition) is 6. The van der Waals surface area contributed by atoms with E-state index >= 15 is 0 Å². The zero-order valence-electron chi connectivity index (χ0n) is 25.7. The molecule has 0 aromatic heterocycles. The quantitative estimate of drug-likeness (QED) is 0.242. The molecule has 0 aliphatic heterocycles. The van der Waals surface area contributed by atoms with E-state index in [0.29, 0.717) is 35.8 Å². The van der Waals surface area contributed by atoms with E-state index < -0.39 is 29.7 Å². The molecule has 0 aliphatic rings. The van der Waals surface area contributed by atoms with Gasteiger partial charge in [-0.2, -0.15) is 11.8 Å². The van der Waals surface area contributed by atoms with E-state index in [1.54, 1.807) is 49.6 Å². The highest BCUT2D eigenvalue weighted by Gasteiger charge is 2.39. The van der Waals surface area contributed by atoms with Gasteiger partial charge in [0.15, 0.2) is 0 Å². The molecular formula is C32H47N3O5S. The standard InChI is InChI=1S/C32H47N3O5S/c1-21(2)16-17-23(4)35(30(38)27(18-19-41-8)34-31(39)40-32(5,6)7)28(24-13-11-14-25(36)20-24)29(37)33-26-15-10-9-12-22(26)3/h9-15,20-21,23,27-28,36H,16-19H2,1-8H3,(H,33,37)(H,34,39). The minimum absolute atomic E-state index is 0.00997. The largest absolute Gasteiger partial charge is 0.508 e. The molecule has 226 valence electrons. The minimum atomic E-state index is -1.06. The lowest BCUT2D eigenvalue weighted by Gasteiger charge is -2.39. The molecular weight excluding hydrogens is 538 g/mol. The molecule has 0 saturated heterocycles. The highest BCUT2D eigenvalue weighted by molar-refractivity contribution is 7.98. The van der Waals surface area contributed by atoms with Crippen LogP contribution < -0.4 is 10.6 Å². The predicted molar refractivity (Wildman–Crippen MR) is 167 cm³/mol. The number of carbonyl (C=O) groups excluding carboxylic acids is 3. The molecule has 0 radical (unpaired) electrons. The molecule has 0 saturated carbocycles. The number of amides is 3. The van der Waals surface area contributed by atoms with Crippen molar-refractivity contribution in [3.05, 3.63) is 59.7 Å². The normalized spacial score (nSPS) is 13.7. The Morgan fingerprint density at radius 2 is 1.68 bits per heavy atom. The van der Waals surface area contributed by atoms with E-state index in [1.165, 1.54) is 12.1 Å². The molecule has 0 heterocycles. The summed E-state index contributed by atoms with van der Waals surface area (Å²) in [7, 11) is 0. The van der Waals surface area contributed by atoms with E-state index in [4.69, 9.17) is 4.74 Å². The Kier molecular flexibility index (Phi) is 13.0. The van der Waals surface area contributed by atoms with E-state index in [9.17, 15) is 19.5 Å². The number of anilines is 1. The summed E-state index contributed by atoms with van der Waals surface area (Å²) < 4.78 is 5.48. The van der Waals surface area contributed by atoms with Crippen LogP contribution in [0.1, 0.15) is 78.0 Å². The van der Waals surface area contributed by atoms with Gasteiger partial charge < -0.3 is 25.4 Å². The summed E-state index contributed by atoms with van der Waals surface area (Å²) in [6.07, 6.45) is 3.09. The van der Waals surface area contributed by atoms with Gasteiger partial charge in [-0.3, -0.25) is 9.59 Å². The van der Waals surface area contributed by atoms with Crippen molar-refractivity contribution < 1.29 is 24.2 Å². The summed E-state index contributed by atoms with van der Waals surface area (Å²) in [5.74, 6) is 0.211. The number of rotatable bonds is 13. The molecule has 2 aromatic rings. The number of hydrogen-bond donors (Lipinski definition) is 3. The fraction of sp³-hybridized carbons (Fsp3) is 0.531. The molecule has 3 amide bonds. The van der Waals surface area contributed by atoms with Crippen LogP contribution in [0.5, 0.6) is 5.75 Å². The SMILES string of the molecule is CSCCC(NC(=O)OC(C)(C)C)C(=O)N(C(C)CCC(C)C)C(C(=O)Nc1ccccc1C)c1cccc(O)c1. The van der Waals surface area contributed by atoms with Crippen molar-refractivity contribution in [3.8, 4) is 5.75 Å². The second-order valence-corrected chi connectivity index (χ2v) is 12.8. The van der Waals surface area contributed by atoms with Gasteiger partial charge in [-0.05, 0) is 101 Å². The Bertz CT molecular complexity index is 1160. The third-order valence-corrected chi connectivity index (χ3v) is 7.25. The molecule has 3 N–H and O–H groups in total. The molecule has 9 heteroatoms. The number of carbonyl (C=O) groups is 3. The molecule has 0 bridgehead atoms. The van der Waals surface area contributed by atoms with Crippen LogP contribution in [0.4, 0.5) is 10.5 Å². The monoisotopic (exact) mass is 585 g/mol. The number of alkyl carbamates (subject to hydrolysis) is 1. The number of ether oxygens (including phenoxy) is 1. The van der Waals surface area contributed by atoms with Crippen LogP contribution in [0.15, 0.2) is 48.5 Å². The first-order chi connectivity index (χ1) is 19.2.